The van der Waals surface area contributed by atoms with Crippen molar-refractivity contribution in [3.8, 4) is 17.2 Å². The number of methoxy groups -OCH3 is 2. The van der Waals surface area contributed by atoms with Gasteiger partial charge in [0, 0.05) is 29.8 Å². The molecule has 1 N–H and O–H groups in total. The van der Waals surface area contributed by atoms with Gasteiger partial charge in [-0.2, -0.15) is 0 Å². The van der Waals surface area contributed by atoms with Gasteiger partial charge in [-0.15, -0.1) is 0 Å². The van der Waals surface area contributed by atoms with Crippen LogP contribution in [0.5, 0.6) is 17.2 Å². The molecule has 1 aromatic heterocycles. The van der Waals surface area contributed by atoms with Gasteiger partial charge in [-0.1, -0.05) is 0 Å². The molecule has 0 bridgehead atoms. The topological polar surface area (TPSA) is 73.2 Å². The van der Waals surface area contributed by atoms with E-state index in [1.54, 1.807) is 32.4 Å². The Morgan fingerprint density at radius 2 is 1.82 bits per heavy atom. The van der Waals surface area contributed by atoms with E-state index < -0.39 is 5.63 Å². The summed E-state index contributed by atoms with van der Waals surface area (Å²) in [5.41, 5.74) is 3.70. The van der Waals surface area contributed by atoms with Gasteiger partial charge in [0.15, 0.2) is 16.6 Å². The first-order valence-corrected chi connectivity index (χ1v) is 12.5. The molecule has 0 aliphatic carbocycles. The number of fused-ring (bicyclic) bond motifs is 2. The minimum Gasteiger partial charge on any atom is -0.493 e. The zero-order chi connectivity index (χ0) is 26.8. The predicted molar refractivity (Wildman–Crippen MR) is 148 cm³/mol. The van der Waals surface area contributed by atoms with Gasteiger partial charge in [-0.3, -0.25) is 0 Å². The molecule has 0 amide bonds. The molecule has 0 spiro atoms. The highest BCUT2D eigenvalue weighted by molar-refractivity contribution is 7.80. The van der Waals surface area contributed by atoms with Crippen LogP contribution in [-0.2, 0) is 6.42 Å². The quantitative estimate of drug-likeness (QED) is 0.252. The second-order valence-corrected chi connectivity index (χ2v) is 9.41. The molecule has 0 saturated carbocycles. The summed E-state index contributed by atoms with van der Waals surface area (Å²) in [6.07, 6.45) is 0.734. The summed E-state index contributed by atoms with van der Waals surface area (Å²) in [7, 11) is 3.21. The fourth-order valence-electron chi connectivity index (χ4n) is 4.75. The number of nitrogens with zero attached hydrogens (tertiary/aromatic N) is 1. The summed E-state index contributed by atoms with van der Waals surface area (Å²) in [4.78, 5) is 13.9. The number of aryl methyl sites for hydroxylation is 1. The van der Waals surface area contributed by atoms with Crippen LogP contribution in [0, 0.1) is 12.7 Å². The van der Waals surface area contributed by atoms with Crippen LogP contribution in [0.4, 0.5) is 10.1 Å². The maximum Gasteiger partial charge on any atom is 0.336 e. The molecular weight excluding hydrogens is 507 g/mol. The second-order valence-electron chi connectivity index (χ2n) is 9.02. The molecule has 4 aromatic rings. The summed E-state index contributed by atoms with van der Waals surface area (Å²) < 4.78 is 36.1. The molecule has 38 heavy (non-hydrogen) atoms. The number of hydrogen-bond donors (Lipinski definition) is 1. The van der Waals surface area contributed by atoms with Gasteiger partial charge in [0.1, 0.15) is 23.8 Å². The van der Waals surface area contributed by atoms with Crippen molar-refractivity contribution in [2.24, 2.45) is 0 Å². The van der Waals surface area contributed by atoms with Crippen molar-refractivity contribution in [2.45, 2.75) is 19.4 Å². The fraction of sp³-hybridized carbons (Fsp3) is 0.241. The van der Waals surface area contributed by atoms with Gasteiger partial charge in [0.25, 0.3) is 0 Å². The van der Waals surface area contributed by atoms with E-state index in [1.165, 1.54) is 18.2 Å². The molecule has 7 nitrogen and oxygen atoms in total. The van der Waals surface area contributed by atoms with Crippen molar-refractivity contribution in [3.63, 3.8) is 0 Å². The molecule has 0 radical (unpaired) electrons. The molecule has 0 unspecified atom stereocenters. The van der Waals surface area contributed by atoms with Gasteiger partial charge in [-0.25, -0.2) is 9.18 Å². The van der Waals surface area contributed by atoms with E-state index in [-0.39, 0.29) is 18.5 Å². The minimum atomic E-state index is -0.405. The normalized spacial score (nSPS) is 14.6. The third-order valence-electron chi connectivity index (χ3n) is 6.69. The Balaban J connectivity index is 1.47. The van der Waals surface area contributed by atoms with Crippen LogP contribution in [0.15, 0.2) is 69.9 Å². The fourth-order valence-corrected chi connectivity index (χ4v) is 5.09. The Labute approximate surface area is 224 Å². The zero-order valence-corrected chi connectivity index (χ0v) is 22.1. The van der Waals surface area contributed by atoms with E-state index in [9.17, 15) is 9.18 Å². The molecule has 1 aliphatic heterocycles. The molecule has 5 rings (SSSR count). The average molecular weight is 535 g/mol. The lowest BCUT2D eigenvalue weighted by Gasteiger charge is -2.39. The number of rotatable bonds is 6. The van der Waals surface area contributed by atoms with E-state index in [1.807, 2.05) is 31.2 Å². The van der Waals surface area contributed by atoms with Crippen LogP contribution in [-0.4, -0.2) is 37.4 Å². The molecule has 9 heteroatoms. The number of hydrogen-bond acceptors (Lipinski definition) is 6. The number of benzene rings is 3. The zero-order valence-electron chi connectivity index (χ0n) is 21.2. The lowest BCUT2D eigenvalue weighted by Crippen LogP contribution is -2.44. The van der Waals surface area contributed by atoms with Crippen LogP contribution < -0.4 is 25.2 Å². The number of nitrogens with one attached hydrogen (secondary N) is 1. The number of halogens is 1. The monoisotopic (exact) mass is 534 g/mol. The largest absolute Gasteiger partial charge is 0.493 e. The van der Waals surface area contributed by atoms with E-state index in [4.69, 9.17) is 30.8 Å². The Morgan fingerprint density at radius 1 is 1.08 bits per heavy atom. The van der Waals surface area contributed by atoms with Gasteiger partial charge in [0.05, 0.1) is 20.3 Å². The highest BCUT2D eigenvalue weighted by Crippen LogP contribution is 2.39. The second kappa shape index (κ2) is 10.7. The molecule has 196 valence electrons. The minimum absolute atomic E-state index is 0.259. The number of thiocarbonyl (C=S) groups is 1. The smallest absolute Gasteiger partial charge is 0.336 e. The molecule has 0 saturated heterocycles. The van der Waals surface area contributed by atoms with E-state index >= 15 is 0 Å². The molecule has 2 heterocycles. The lowest BCUT2D eigenvalue weighted by atomic mass is 9.92. The summed E-state index contributed by atoms with van der Waals surface area (Å²) in [5.74, 6) is 1.52. The average Bonchev–Trinajstić information content (AvgIpc) is 2.91. The number of ether oxygens (including phenoxy) is 3. The van der Waals surface area contributed by atoms with E-state index in [0.717, 1.165) is 28.5 Å². The third-order valence-corrected chi connectivity index (χ3v) is 7.03. The molecular formula is C29H27FN2O5S. The highest BCUT2D eigenvalue weighted by atomic mass is 32.1. The standard InChI is InChI=1S/C29H27FN2O5S/c1-17-12-28(33)37-25-14-21(8-9-22(17)25)36-16-24-23-15-27(35-3)26(34-2)13-18(23)10-11-32(24)29(38)31-20-6-4-19(30)5-7-20/h4-9,12-15,24H,10-11,16H2,1-3H3,(H,31,38)/t24-/m0/s1. The first-order chi connectivity index (χ1) is 18.4. The first kappa shape index (κ1) is 25.5. The first-order valence-electron chi connectivity index (χ1n) is 12.1. The van der Waals surface area contributed by atoms with Crippen LogP contribution in [0.2, 0.25) is 0 Å². The summed E-state index contributed by atoms with van der Waals surface area (Å²) in [5, 5.41) is 4.56. The Kier molecular flexibility index (Phi) is 7.20. The van der Waals surface area contributed by atoms with Gasteiger partial charge in [-0.05, 0) is 90.8 Å². The van der Waals surface area contributed by atoms with Crippen LogP contribution >= 0.6 is 12.2 Å². The van der Waals surface area contributed by atoms with Gasteiger partial charge in [0.2, 0.25) is 0 Å². The molecule has 1 aliphatic rings. The maximum absolute atomic E-state index is 13.4. The Morgan fingerprint density at radius 3 is 2.55 bits per heavy atom. The van der Waals surface area contributed by atoms with Crippen LogP contribution in [0.3, 0.4) is 0 Å². The Hall–Kier alpha value is -4.11. The Bertz CT molecular complexity index is 1550. The molecule has 3 aromatic carbocycles. The van der Waals surface area contributed by atoms with Crippen LogP contribution in [0.25, 0.3) is 11.0 Å². The van der Waals surface area contributed by atoms with E-state index in [0.29, 0.717) is 40.2 Å². The summed E-state index contributed by atoms with van der Waals surface area (Å²) in [6, 6.07) is 16.7. The van der Waals surface area contributed by atoms with Crippen molar-refractivity contribution in [3.05, 3.63) is 93.6 Å². The molecule has 0 fully saturated rings. The lowest BCUT2D eigenvalue weighted by molar-refractivity contribution is 0.190. The maximum atomic E-state index is 13.4. The van der Waals surface area contributed by atoms with Crippen molar-refractivity contribution in [1.82, 2.24) is 4.90 Å². The number of anilines is 1. The predicted octanol–water partition coefficient (Wildman–Crippen LogP) is 5.63. The van der Waals surface area contributed by atoms with Crippen molar-refractivity contribution >= 4 is 34.0 Å². The third kappa shape index (κ3) is 5.15. The van der Waals surface area contributed by atoms with Gasteiger partial charge >= 0.3 is 5.63 Å². The molecule has 1 atom stereocenters. The van der Waals surface area contributed by atoms with Crippen molar-refractivity contribution in [2.75, 3.05) is 32.7 Å². The summed E-state index contributed by atoms with van der Waals surface area (Å²) >= 11 is 5.79. The van der Waals surface area contributed by atoms with Crippen LogP contribution in [0.1, 0.15) is 22.7 Å². The summed E-state index contributed by atoms with van der Waals surface area (Å²) in [6.45, 7) is 2.76. The van der Waals surface area contributed by atoms with Gasteiger partial charge < -0.3 is 28.8 Å². The van der Waals surface area contributed by atoms with Crippen molar-refractivity contribution < 1.29 is 23.0 Å². The SMILES string of the molecule is COc1cc2c(cc1OC)[C@H](COc1ccc3c(C)cc(=O)oc3c1)N(C(=S)Nc1ccc(F)cc1)CC2. The highest BCUT2D eigenvalue weighted by Gasteiger charge is 2.31. The van der Waals surface area contributed by atoms with E-state index in [2.05, 4.69) is 10.2 Å². The van der Waals surface area contributed by atoms with Crippen molar-refractivity contribution in [1.29, 1.82) is 0 Å².